The number of amides is 2. The van der Waals surface area contributed by atoms with E-state index >= 15 is 0 Å². The lowest BCUT2D eigenvalue weighted by molar-refractivity contribution is -0.130. The zero-order chi connectivity index (χ0) is 18.2. The number of nitrogens with zero attached hydrogens (tertiary/aromatic N) is 2. The van der Waals surface area contributed by atoms with E-state index in [0.717, 1.165) is 18.5 Å². The predicted octanol–water partition coefficient (Wildman–Crippen LogP) is 3.37. The van der Waals surface area contributed by atoms with E-state index in [1.807, 2.05) is 50.1 Å². The summed E-state index contributed by atoms with van der Waals surface area (Å²) < 4.78 is 0. The molecule has 0 heterocycles. The summed E-state index contributed by atoms with van der Waals surface area (Å²) in [6, 6.07) is 7.77. The predicted molar refractivity (Wildman–Crippen MR) is 102 cm³/mol. The summed E-state index contributed by atoms with van der Waals surface area (Å²) in [4.78, 5) is 28.5. The number of rotatable bonds is 7. The van der Waals surface area contributed by atoms with Gasteiger partial charge in [0.2, 0.25) is 5.91 Å². The van der Waals surface area contributed by atoms with E-state index in [2.05, 4.69) is 5.32 Å². The first-order chi connectivity index (χ1) is 12.1. The second-order valence-electron chi connectivity index (χ2n) is 6.71. The molecule has 1 saturated carbocycles. The molecule has 138 valence electrons. The quantitative estimate of drug-likeness (QED) is 0.824. The molecule has 0 aromatic heterocycles. The molecule has 1 aliphatic rings. The van der Waals surface area contributed by atoms with Crippen molar-refractivity contribution in [2.75, 3.05) is 32.0 Å². The van der Waals surface area contributed by atoms with Gasteiger partial charge in [-0.1, -0.05) is 25.3 Å². The van der Waals surface area contributed by atoms with Crippen LogP contribution in [0.5, 0.6) is 0 Å². The lowest BCUT2D eigenvalue weighted by Gasteiger charge is -2.31. The maximum absolute atomic E-state index is 12.4. The van der Waals surface area contributed by atoms with Crippen LogP contribution < -0.4 is 5.32 Å². The third kappa shape index (κ3) is 5.21. The molecular weight excluding hydrogens is 314 g/mol. The molecule has 25 heavy (non-hydrogen) atoms. The van der Waals surface area contributed by atoms with Crippen LogP contribution in [0.25, 0.3) is 0 Å². The van der Waals surface area contributed by atoms with E-state index in [0.29, 0.717) is 24.7 Å². The minimum absolute atomic E-state index is 0.0271. The first kappa shape index (κ1) is 19.3. The van der Waals surface area contributed by atoms with E-state index in [4.69, 9.17) is 0 Å². The van der Waals surface area contributed by atoms with Gasteiger partial charge in [0.25, 0.3) is 5.91 Å². The van der Waals surface area contributed by atoms with Crippen LogP contribution in [0.15, 0.2) is 24.3 Å². The summed E-state index contributed by atoms with van der Waals surface area (Å²) in [5, 5.41) is 3.17. The Morgan fingerprint density at radius 3 is 2.44 bits per heavy atom. The lowest BCUT2D eigenvalue weighted by atomic mass is 9.94. The number of carbonyl (C=O) groups excluding carboxylic acids is 2. The van der Waals surface area contributed by atoms with Crippen LogP contribution in [0, 0.1) is 0 Å². The van der Waals surface area contributed by atoms with Crippen molar-refractivity contribution in [3.8, 4) is 0 Å². The van der Waals surface area contributed by atoms with E-state index in [1.165, 1.54) is 19.3 Å². The molecule has 0 atom stereocenters. The van der Waals surface area contributed by atoms with Crippen LogP contribution in [0.4, 0.5) is 5.69 Å². The number of hydrogen-bond acceptors (Lipinski definition) is 3. The summed E-state index contributed by atoms with van der Waals surface area (Å²) in [6.07, 6.45) is 5.92. The van der Waals surface area contributed by atoms with Crippen molar-refractivity contribution in [2.45, 2.75) is 52.0 Å². The van der Waals surface area contributed by atoms with Crippen LogP contribution in [0.1, 0.15) is 56.3 Å². The van der Waals surface area contributed by atoms with Crippen molar-refractivity contribution in [1.82, 2.24) is 9.80 Å². The average Bonchev–Trinajstić information content (AvgIpc) is 2.67. The molecule has 0 radical (unpaired) electrons. The fourth-order valence-corrected chi connectivity index (χ4v) is 3.43. The first-order valence-corrected chi connectivity index (χ1v) is 9.45. The molecule has 0 saturated heterocycles. The van der Waals surface area contributed by atoms with Gasteiger partial charge in [-0.2, -0.15) is 0 Å². The largest absolute Gasteiger partial charge is 0.376 e. The van der Waals surface area contributed by atoms with Gasteiger partial charge in [0, 0.05) is 37.4 Å². The molecular formula is C20H31N3O2. The van der Waals surface area contributed by atoms with E-state index in [9.17, 15) is 9.59 Å². The minimum atomic E-state index is 0.0271. The Bertz CT molecular complexity index is 578. The highest BCUT2D eigenvalue weighted by molar-refractivity contribution is 5.95. The lowest BCUT2D eigenvalue weighted by Crippen LogP contribution is -2.41. The fraction of sp³-hybridized carbons (Fsp3) is 0.600. The molecule has 5 nitrogen and oxygen atoms in total. The molecule has 2 amide bonds. The highest BCUT2D eigenvalue weighted by Crippen LogP contribution is 2.21. The number of anilines is 1. The Hall–Kier alpha value is -2.04. The van der Waals surface area contributed by atoms with Crippen molar-refractivity contribution in [3.05, 3.63) is 29.8 Å². The molecule has 5 heteroatoms. The number of hydrogen-bond donors (Lipinski definition) is 1. The Labute approximate surface area is 151 Å². The third-order valence-electron chi connectivity index (χ3n) is 5.12. The second-order valence-corrected chi connectivity index (χ2v) is 6.71. The van der Waals surface area contributed by atoms with Crippen LogP contribution in [-0.2, 0) is 4.79 Å². The normalized spacial score (nSPS) is 14.8. The maximum atomic E-state index is 12.4. The summed E-state index contributed by atoms with van der Waals surface area (Å²) in [6.45, 7) is 5.60. The highest BCUT2D eigenvalue weighted by Gasteiger charge is 2.21. The zero-order valence-electron chi connectivity index (χ0n) is 15.8. The molecule has 2 rings (SSSR count). The van der Waals surface area contributed by atoms with Crippen molar-refractivity contribution < 1.29 is 9.59 Å². The molecule has 0 unspecified atom stereocenters. The van der Waals surface area contributed by atoms with Crippen molar-refractivity contribution in [3.63, 3.8) is 0 Å². The summed E-state index contributed by atoms with van der Waals surface area (Å²) >= 11 is 0. The van der Waals surface area contributed by atoms with Crippen molar-refractivity contribution >= 4 is 17.5 Å². The van der Waals surface area contributed by atoms with Gasteiger partial charge >= 0.3 is 0 Å². The Kier molecular flexibility index (Phi) is 7.29. The topological polar surface area (TPSA) is 52.7 Å². The number of likely N-dealkylation sites (N-methyl/N-ethyl adjacent to an activating group) is 1. The fourth-order valence-electron chi connectivity index (χ4n) is 3.43. The van der Waals surface area contributed by atoms with Gasteiger partial charge in [0.1, 0.15) is 0 Å². The standard InChI is InChI=1S/C20H31N3O2/c1-4-23(5-2)20(25)16-10-9-11-17(14-16)21-15-19(24)22(3)18-12-7-6-8-13-18/h9-11,14,18,21H,4-8,12-13,15H2,1-3H3. The van der Waals surface area contributed by atoms with Crippen LogP contribution in [-0.4, -0.2) is 54.3 Å². The number of benzene rings is 1. The van der Waals surface area contributed by atoms with E-state index in [-0.39, 0.29) is 18.4 Å². The van der Waals surface area contributed by atoms with Gasteiger partial charge in [-0.15, -0.1) is 0 Å². The zero-order valence-corrected chi connectivity index (χ0v) is 15.8. The van der Waals surface area contributed by atoms with Gasteiger partial charge in [-0.3, -0.25) is 9.59 Å². The van der Waals surface area contributed by atoms with Crippen LogP contribution in [0.2, 0.25) is 0 Å². The van der Waals surface area contributed by atoms with Gasteiger partial charge in [0.05, 0.1) is 6.54 Å². The molecule has 0 bridgehead atoms. The van der Waals surface area contributed by atoms with Gasteiger partial charge in [0.15, 0.2) is 0 Å². The minimum Gasteiger partial charge on any atom is -0.376 e. The molecule has 1 aromatic carbocycles. The average molecular weight is 345 g/mol. The van der Waals surface area contributed by atoms with Crippen molar-refractivity contribution in [2.24, 2.45) is 0 Å². The monoisotopic (exact) mass is 345 g/mol. The highest BCUT2D eigenvalue weighted by atomic mass is 16.2. The second kappa shape index (κ2) is 9.44. The first-order valence-electron chi connectivity index (χ1n) is 9.45. The van der Waals surface area contributed by atoms with Gasteiger partial charge in [-0.05, 0) is 44.9 Å². The Balaban J connectivity index is 1.93. The molecule has 1 N–H and O–H groups in total. The summed E-state index contributed by atoms with van der Waals surface area (Å²) in [5.74, 6) is 0.131. The van der Waals surface area contributed by atoms with Crippen LogP contribution in [0.3, 0.4) is 0 Å². The van der Waals surface area contributed by atoms with Crippen LogP contribution >= 0.6 is 0 Å². The van der Waals surface area contributed by atoms with Crippen molar-refractivity contribution in [1.29, 1.82) is 0 Å². The Morgan fingerprint density at radius 1 is 1.12 bits per heavy atom. The number of carbonyl (C=O) groups is 2. The van der Waals surface area contributed by atoms with Gasteiger partial charge in [-0.25, -0.2) is 0 Å². The molecule has 1 fully saturated rings. The maximum Gasteiger partial charge on any atom is 0.253 e. The third-order valence-corrected chi connectivity index (χ3v) is 5.12. The summed E-state index contributed by atoms with van der Waals surface area (Å²) in [5.41, 5.74) is 1.46. The number of nitrogens with one attached hydrogen (secondary N) is 1. The molecule has 1 aliphatic carbocycles. The van der Waals surface area contributed by atoms with Gasteiger partial charge < -0.3 is 15.1 Å². The summed E-state index contributed by atoms with van der Waals surface area (Å²) in [7, 11) is 1.90. The van der Waals surface area contributed by atoms with E-state index < -0.39 is 0 Å². The Morgan fingerprint density at radius 2 is 1.80 bits per heavy atom. The molecule has 0 aliphatic heterocycles. The molecule has 0 spiro atoms. The molecule has 1 aromatic rings. The van der Waals surface area contributed by atoms with E-state index in [1.54, 1.807) is 4.90 Å². The SMILES string of the molecule is CCN(CC)C(=O)c1cccc(NCC(=O)N(C)C2CCCCC2)c1. The smallest absolute Gasteiger partial charge is 0.253 e.